The summed E-state index contributed by atoms with van der Waals surface area (Å²) in [7, 11) is -1.31. The number of benzene rings is 1. The van der Waals surface area contributed by atoms with Crippen LogP contribution in [-0.4, -0.2) is 12.1 Å². The number of pyridine rings is 1. The molecule has 6 heteroatoms. The van der Waals surface area contributed by atoms with Gasteiger partial charge in [0.05, 0.1) is 0 Å². The molecule has 0 fully saturated rings. The lowest BCUT2D eigenvalue weighted by atomic mass is 10.2. The van der Waals surface area contributed by atoms with Crippen LogP contribution in [0.15, 0.2) is 36.5 Å². The molecule has 1 unspecified atom stereocenters. The Kier molecular flexibility index (Phi) is 7.88. The molecule has 20 heavy (non-hydrogen) atoms. The predicted octanol–water partition coefficient (Wildman–Crippen LogP) is 4.39. The van der Waals surface area contributed by atoms with E-state index in [-0.39, 0.29) is 0 Å². The number of para-hydroxylation sites is 1. The fourth-order valence-electron chi connectivity index (χ4n) is 1.26. The molecule has 0 N–H and O–H groups in total. The molecule has 0 amide bonds. The van der Waals surface area contributed by atoms with Crippen LogP contribution in [0.25, 0.3) is 10.9 Å². The van der Waals surface area contributed by atoms with Crippen molar-refractivity contribution < 1.29 is 18.7 Å². The smallest absolute Gasteiger partial charge is 0.327 e. The van der Waals surface area contributed by atoms with Crippen molar-refractivity contribution in [2.45, 2.75) is 26.7 Å². The van der Waals surface area contributed by atoms with Gasteiger partial charge in [-0.1, -0.05) is 44.9 Å². The van der Waals surface area contributed by atoms with Crippen LogP contribution in [0.3, 0.4) is 0 Å². The minimum atomic E-state index is -2.59. The van der Waals surface area contributed by atoms with Gasteiger partial charge in [0.2, 0.25) is 0 Å². The Balaban J connectivity index is 0.000000444. The molecule has 1 atom stereocenters. The molecular formula is C14H20NO4P. The molecule has 5 nitrogen and oxygen atoms in total. The number of hydrogen-bond acceptors (Lipinski definition) is 5. The molecule has 0 aliphatic heterocycles. The first-order valence-electron chi connectivity index (χ1n) is 6.49. The first kappa shape index (κ1) is 16.6. The van der Waals surface area contributed by atoms with E-state index < -0.39 is 8.25 Å². The third-order valence-electron chi connectivity index (χ3n) is 2.46. The van der Waals surface area contributed by atoms with Crippen LogP contribution in [0, 0.1) is 0 Å². The monoisotopic (exact) mass is 297 g/mol. The van der Waals surface area contributed by atoms with Crippen molar-refractivity contribution in [3.8, 4) is 5.75 Å². The lowest BCUT2D eigenvalue weighted by Gasteiger charge is -2.05. The van der Waals surface area contributed by atoms with E-state index >= 15 is 0 Å². The zero-order valence-electron chi connectivity index (χ0n) is 12.0. The van der Waals surface area contributed by atoms with E-state index in [9.17, 15) is 4.57 Å². The molecule has 0 radical (unpaired) electrons. The highest BCUT2D eigenvalue weighted by molar-refractivity contribution is 7.33. The summed E-state index contributed by atoms with van der Waals surface area (Å²) in [5, 5.41) is 0.917. The highest BCUT2D eigenvalue weighted by atomic mass is 31.1. The maximum absolute atomic E-state index is 10.9. The molecule has 110 valence electrons. The molecule has 0 spiro atoms. The summed E-state index contributed by atoms with van der Waals surface area (Å²) in [6, 6.07) is 9.10. The normalized spacial score (nSPS) is 11.6. The summed E-state index contributed by atoms with van der Waals surface area (Å²) >= 11 is 0. The van der Waals surface area contributed by atoms with Gasteiger partial charge in [-0.05, 0) is 12.1 Å². The maximum Gasteiger partial charge on any atom is 0.357 e. The molecule has 0 bridgehead atoms. The maximum atomic E-state index is 10.9. The fraction of sp³-hybridized carbons (Fsp3) is 0.357. The van der Waals surface area contributed by atoms with E-state index in [1.165, 1.54) is 20.0 Å². The van der Waals surface area contributed by atoms with Gasteiger partial charge in [0.25, 0.3) is 0 Å². The minimum Gasteiger partial charge on any atom is -0.327 e. The number of nitrogens with zero attached hydrogens (tertiary/aromatic N) is 1. The highest BCUT2D eigenvalue weighted by Crippen LogP contribution is 2.28. The Morgan fingerprint density at radius 3 is 2.50 bits per heavy atom. The molecule has 2 aromatic rings. The second kappa shape index (κ2) is 9.48. The summed E-state index contributed by atoms with van der Waals surface area (Å²) in [5.74, 6) is 0.411. The van der Waals surface area contributed by atoms with E-state index in [1.54, 1.807) is 18.3 Å². The lowest BCUT2D eigenvalue weighted by Crippen LogP contribution is -1.92. The van der Waals surface area contributed by atoms with Crippen LogP contribution >= 0.6 is 8.25 Å². The Bertz CT molecular complexity index is 540. The van der Waals surface area contributed by atoms with Gasteiger partial charge < -0.3 is 9.41 Å². The first-order valence-corrected chi connectivity index (χ1v) is 7.71. The fourth-order valence-corrected chi connectivity index (χ4v) is 1.48. The van der Waals surface area contributed by atoms with Gasteiger partial charge in [-0.2, -0.15) is 0 Å². The van der Waals surface area contributed by atoms with E-state index in [0.717, 1.165) is 5.39 Å². The van der Waals surface area contributed by atoms with E-state index in [2.05, 4.69) is 28.0 Å². The van der Waals surface area contributed by atoms with Gasteiger partial charge >= 0.3 is 8.25 Å². The number of unbranched alkanes of at least 4 members (excludes halogenated alkanes) is 1. The summed E-state index contributed by atoms with van der Waals surface area (Å²) in [4.78, 5) is 9.07. The number of aromatic nitrogens is 1. The lowest BCUT2D eigenvalue weighted by molar-refractivity contribution is -0.102. The van der Waals surface area contributed by atoms with E-state index in [4.69, 9.17) is 4.89 Å². The molecular weight excluding hydrogens is 277 g/mol. The van der Waals surface area contributed by atoms with Crippen LogP contribution in [0.1, 0.15) is 26.7 Å². The zero-order valence-corrected chi connectivity index (χ0v) is 13.0. The number of hydrogen-bond donors (Lipinski definition) is 0. The highest BCUT2D eigenvalue weighted by Gasteiger charge is 2.05. The Morgan fingerprint density at radius 2 is 1.85 bits per heavy atom. The van der Waals surface area contributed by atoms with Gasteiger partial charge in [-0.15, -0.1) is 4.67 Å². The molecule has 0 saturated heterocycles. The number of rotatable bonds is 5. The van der Waals surface area contributed by atoms with Crippen molar-refractivity contribution >= 4 is 19.2 Å². The van der Waals surface area contributed by atoms with Crippen LogP contribution in [0.4, 0.5) is 0 Å². The molecule has 0 saturated carbocycles. The zero-order chi connectivity index (χ0) is 14.8. The van der Waals surface area contributed by atoms with Gasteiger partial charge in [0.15, 0.2) is 5.75 Å². The van der Waals surface area contributed by atoms with E-state index in [1.807, 2.05) is 18.2 Å². The Morgan fingerprint density at radius 1 is 1.15 bits per heavy atom. The second-order valence-corrected chi connectivity index (χ2v) is 5.03. The largest absolute Gasteiger partial charge is 0.357 e. The van der Waals surface area contributed by atoms with Crippen molar-refractivity contribution in [3.63, 3.8) is 0 Å². The molecule has 1 aromatic carbocycles. The standard InChI is InChI=1S/C10H10NO4P.C4H10/c1-13-16(12)15-14-9-6-2-4-8-5-3-7-11-10(8)9;1-3-4-2/h2-7,16H,1H3;3-4H2,1-2H3. The van der Waals surface area contributed by atoms with Gasteiger partial charge in [-0.3, -0.25) is 9.55 Å². The third-order valence-corrected chi connectivity index (χ3v) is 3.01. The minimum absolute atomic E-state index is 0.411. The quantitative estimate of drug-likeness (QED) is 0.465. The van der Waals surface area contributed by atoms with Crippen LogP contribution in [-0.2, 0) is 13.8 Å². The third kappa shape index (κ3) is 5.29. The topological polar surface area (TPSA) is 57.7 Å². The molecule has 1 heterocycles. The van der Waals surface area contributed by atoms with Crippen LogP contribution < -0.4 is 4.89 Å². The van der Waals surface area contributed by atoms with Gasteiger partial charge in [0.1, 0.15) is 5.52 Å². The number of fused-ring (bicyclic) bond motifs is 1. The summed E-state index contributed by atoms with van der Waals surface area (Å²) in [6.07, 6.45) is 4.29. The van der Waals surface area contributed by atoms with Crippen LogP contribution in [0.5, 0.6) is 5.75 Å². The van der Waals surface area contributed by atoms with Gasteiger partial charge in [0, 0.05) is 18.7 Å². The molecule has 2 rings (SSSR count). The van der Waals surface area contributed by atoms with Crippen molar-refractivity contribution in [3.05, 3.63) is 36.5 Å². The summed E-state index contributed by atoms with van der Waals surface area (Å²) in [5.41, 5.74) is 0.649. The average molecular weight is 297 g/mol. The van der Waals surface area contributed by atoms with Crippen molar-refractivity contribution in [1.82, 2.24) is 4.98 Å². The molecule has 0 aliphatic carbocycles. The Labute approximate surface area is 119 Å². The first-order chi connectivity index (χ1) is 9.72. The van der Waals surface area contributed by atoms with Crippen molar-refractivity contribution in [2.75, 3.05) is 7.11 Å². The average Bonchev–Trinajstić information content (AvgIpc) is 2.52. The Hall–Kier alpha value is -1.42. The predicted molar refractivity (Wildman–Crippen MR) is 80.0 cm³/mol. The van der Waals surface area contributed by atoms with Crippen molar-refractivity contribution in [1.29, 1.82) is 0 Å². The SMILES string of the molecule is CCCC.CO[PH](=O)OOc1cccc2cccnc12. The molecule has 1 aromatic heterocycles. The van der Waals surface area contributed by atoms with Gasteiger partial charge in [-0.25, -0.2) is 0 Å². The summed E-state index contributed by atoms with van der Waals surface area (Å²) < 4.78 is 19.9. The summed E-state index contributed by atoms with van der Waals surface area (Å²) in [6.45, 7) is 4.36. The van der Waals surface area contributed by atoms with Crippen LogP contribution in [0.2, 0.25) is 0 Å². The van der Waals surface area contributed by atoms with E-state index in [0.29, 0.717) is 11.3 Å². The van der Waals surface area contributed by atoms with Crippen molar-refractivity contribution in [2.24, 2.45) is 0 Å². The molecule has 0 aliphatic rings. The second-order valence-electron chi connectivity index (χ2n) is 3.95.